The summed E-state index contributed by atoms with van der Waals surface area (Å²) < 4.78 is 11.0. The summed E-state index contributed by atoms with van der Waals surface area (Å²) in [4.78, 5) is 6.91. The Morgan fingerprint density at radius 3 is 2.67 bits per heavy atom. The number of para-hydroxylation sites is 1. The molecular weight excluding hydrogens is 340 g/mol. The quantitative estimate of drug-likeness (QED) is 0.353. The summed E-state index contributed by atoms with van der Waals surface area (Å²) in [6.07, 6.45) is 4.66. The van der Waals surface area contributed by atoms with Gasteiger partial charge in [0.25, 0.3) is 0 Å². The normalized spacial score (nSPS) is 16.3. The van der Waals surface area contributed by atoms with E-state index in [1.54, 1.807) is 7.11 Å². The number of guanidine groups is 1. The van der Waals surface area contributed by atoms with Crippen LogP contribution in [0.1, 0.15) is 44.2 Å². The number of methoxy groups -OCH3 is 1. The molecule has 6 nitrogen and oxygen atoms in total. The van der Waals surface area contributed by atoms with Crippen molar-refractivity contribution in [2.24, 2.45) is 4.99 Å². The van der Waals surface area contributed by atoms with E-state index in [4.69, 9.17) is 9.47 Å². The third-order valence-electron chi connectivity index (χ3n) is 4.98. The molecule has 1 aromatic rings. The van der Waals surface area contributed by atoms with Crippen LogP contribution in [0.25, 0.3) is 0 Å². The highest BCUT2D eigenvalue weighted by Crippen LogP contribution is 2.31. The molecule has 1 aromatic carbocycles. The zero-order valence-electron chi connectivity index (χ0n) is 17.2. The van der Waals surface area contributed by atoms with Crippen molar-refractivity contribution in [3.63, 3.8) is 0 Å². The van der Waals surface area contributed by atoms with Gasteiger partial charge in [0, 0.05) is 38.9 Å². The number of nitrogens with one attached hydrogen (secondary N) is 2. The number of unbranched alkanes of at least 4 members (excludes halogenated alkanes) is 1. The Bertz CT molecular complexity index is 559. The zero-order valence-corrected chi connectivity index (χ0v) is 17.2. The molecule has 0 amide bonds. The summed E-state index contributed by atoms with van der Waals surface area (Å²) in [5.74, 6) is 1.81. The third-order valence-corrected chi connectivity index (χ3v) is 4.98. The number of nitrogens with zero attached hydrogens (tertiary/aromatic N) is 2. The van der Waals surface area contributed by atoms with Crippen molar-refractivity contribution in [1.29, 1.82) is 0 Å². The number of rotatable bonds is 11. The predicted octanol–water partition coefficient (Wildman–Crippen LogP) is 2.81. The van der Waals surface area contributed by atoms with E-state index in [1.165, 1.54) is 18.4 Å². The first-order valence-electron chi connectivity index (χ1n) is 10.2. The van der Waals surface area contributed by atoms with Gasteiger partial charge in [0.05, 0.1) is 13.2 Å². The van der Waals surface area contributed by atoms with Crippen LogP contribution >= 0.6 is 0 Å². The molecule has 6 heteroatoms. The second-order valence-electron chi connectivity index (χ2n) is 6.78. The standard InChI is InChI=1S/C21H36N4O2/c1-4-27-16-10-7-13-23-21(22-2)24-17-19(25-14-8-9-15-25)18-11-5-6-12-20(18)26-3/h5-6,11-12,19H,4,7-10,13-17H2,1-3H3,(H2,22,23,24). The van der Waals surface area contributed by atoms with Gasteiger partial charge in [-0.05, 0) is 51.8 Å². The van der Waals surface area contributed by atoms with E-state index >= 15 is 0 Å². The summed E-state index contributed by atoms with van der Waals surface area (Å²) in [7, 11) is 3.57. The van der Waals surface area contributed by atoms with Crippen molar-refractivity contribution in [1.82, 2.24) is 15.5 Å². The lowest BCUT2D eigenvalue weighted by atomic mass is 10.0. The fourth-order valence-corrected chi connectivity index (χ4v) is 3.52. The van der Waals surface area contributed by atoms with Gasteiger partial charge in [0.2, 0.25) is 0 Å². The fourth-order valence-electron chi connectivity index (χ4n) is 3.52. The molecule has 1 unspecified atom stereocenters. The molecule has 1 heterocycles. The van der Waals surface area contributed by atoms with Gasteiger partial charge < -0.3 is 20.1 Å². The zero-order chi connectivity index (χ0) is 19.3. The largest absolute Gasteiger partial charge is 0.496 e. The fraction of sp³-hybridized carbons (Fsp3) is 0.667. The molecule has 1 fully saturated rings. The highest BCUT2D eigenvalue weighted by atomic mass is 16.5. The van der Waals surface area contributed by atoms with Crippen LogP contribution in [-0.2, 0) is 4.74 Å². The topological polar surface area (TPSA) is 58.1 Å². The van der Waals surface area contributed by atoms with Crippen LogP contribution in [0.5, 0.6) is 5.75 Å². The van der Waals surface area contributed by atoms with Crippen molar-refractivity contribution in [3.8, 4) is 5.75 Å². The first-order chi connectivity index (χ1) is 13.3. The Kier molecular flexibility index (Phi) is 10.0. The van der Waals surface area contributed by atoms with Crippen molar-refractivity contribution < 1.29 is 9.47 Å². The van der Waals surface area contributed by atoms with E-state index in [9.17, 15) is 0 Å². The highest BCUT2D eigenvalue weighted by Gasteiger charge is 2.25. The molecule has 0 aliphatic carbocycles. The molecule has 2 N–H and O–H groups in total. The maximum atomic E-state index is 5.62. The molecule has 0 spiro atoms. The summed E-state index contributed by atoms with van der Waals surface area (Å²) in [5.41, 5.74) is 1.24. The SMILES string of the molecule is CCOCCCCNC(=NC)NCC(c1ccccc1OC)N1CCCC1. The Morgan fingerprint density at radius 1 is 1.19 bits per heavy atom. The minimum absolute atomic E-state index is 0.278. The van der Waals surface area contributed by atoms with Gasteiger partial charge in [0.15, 0.2) is 5.96 Å². The number of hydrogen-bond donors (Lipinski definition) is 2. The molecule has 152 valence electrons. The lowest BCUT2D eigenvalue weighted by Crippen LogP contribution is -2.43. The third kappa shape index (κ3) is 7.03. The van der Waals surface area contributed by atoms with Crippen molar-refractivity contribution in [2.45, 2.75) is 38.6 Å². The van der Waals surface area contributed by atoms with E-state index in [0.29, 0.717) is 0 Å². The van der Waals surface area contributed by atoms with Gasteiger partial charge in [-0.25, -0.2) is 0 Å². The Morgan fingerprint density at radius 2 is 1.96 bits per heavy atom. The Hall–Kier alpha value is -1.79. The molecule has 1 aliphatic rings. The molecular formula is C21H36N4O2. The van der Waals surface area contributed by atoms with Crippen LogP contribution in [0.15, 0.2) is 29.3 Å². The molecule has 1 aliphatic heterocycles. The summed E-state index contributed by atoms with van der Waals surface area (Å²) >= 11 is 0. The number of aliphatic imine (C=N–C) groups is 1. The monoisotopic (exact) mass is 376 g/mol. The van der Waals surface area contributed by atoms with Gasteiger partial charge >= 0.3 is 0 Å². The van der Waals surface area contributed by atoms with Gasteiger partial charge in [-0.3, -0.25) is 9.89 Å². The molecule has 1 atom stereocenters. The van der Waals surface area contributed by atoms with Crippen molar-refractivity contribution in [3.05, 3.63) is 29.8 Å². The Balaban J connectivity index is 1.91. The molecule has 0 bridgehead atoms. The van der Waals surface area contributed by atoms with Crippen LogP contribution in [0.3, 0.4) is 0 Å². The highest BCUT2D eigenvalue weighted by molar-refractivity contribution is 5.79. The molecule has 0 radical (unpaired) electrons. The Labute approximate surface area is 164 Å². The average Bonchev–Trinajstić information content (AvgIpc) is 3.24. The van der Waals surface area contributed by atoms with Crippen LogP contribution < -0.4 is 15.4 Å². The molecule has 2 rings (SSSR count). The summed E-state index contributed by atoms with van der Waals surface area (Å²) in [6.45, 7) is 7.62. The average molecular weight is 377 g/mol. The van der Waals surface area contributed by atoms with Crippen molar-refractivity contribution >= 4 is 5.96 Å². The molecule has 0 aromatic heterocycles. The first-order valence-corrected chi connectivity index (χ1v) is 10.2. The summed E-state index contributed by atoms with van der Waals surface area (Å²) in [6, 6.07) is 8.61. The van der Waals surface area contributed by atoms with Gasteiger partial charge in [-0.2, -0.15) is 0 Å². The number of likely N-dealkylation sites (tertiary alicyclic amines) is 1. The van der Waals surface area contributed by atoms with Crippen LogP contribution in [-0.4, -0.2) is 64.4 Å². The second kappa shape index (κ2) is 12.6. The van der Waals surface area contributed by atoms with E-state index in [-0.39, 0.29) is 6.04 Å². The molecule has 1 saturated heterocycles. The van der Waals surface area contributed by atoms with Gasteiger partial charge in [-0.15, -0.1) is 0 Å². The second-order valence-corrected chi connectivity index (χ2v) is 6.78. The smallest absolute Gasteiger partial charge is 0.191 e. The number of hydrogen-bond acceptors (Lipinski definition) is 4. The van der Waals surface area contributed by atoms with E-state index in [0.717, 1.165) is 63.9 Å². The van der Waals surface area contributed by atoms with E-state index in [1.807, 2.05) is 26.1 Å². The van der Waals surface area contributed by atoms with E-state index < -0.39 is 0 Å². The van der Waals surface area contributed by atoms with E-state index in [2.05, 4.69) is 32.7 Å². The molecule has 0 saturated carbocycles. The van der Waals surface area contributed by atoms with Crippen LogP contribution in [0, 0.1) is 0 Å². The first kappa shape index (κ1) is 21.5. The minimum Gasteiger partial charge on any atom is -0.496 e. The maximum absolute atomic E-state index is 5.62. The van der Waals surface area contributed by atoms with Crippen LogP contribution in [0.4, 0.5) is 0 Å². The van der Waals surface area contributed by atoms with Gasteiger partial charge in [0.1, 0.15) is 5.75 Å². The van der Waals surface area contributed by atoms with Crippen molar-refractivity contribution in [2.75, 3.05) is 53.6 Å². The molecule has 27 heavy (non-hydrogen) atoms. The maximum Gasteiger partial charge on any atom is 0.191 e. The van der Waals surface area contributed by atoms with Crippen LogP contribution in [0.2, 0.25) is 0 Å². The van der Waals surface area contributed by atoms with Gasteiger partial charge in [-0.1, -0.05) is 18.2 Å². The number of ether oxygens (including phenoxy) is 2. The minimum atomic E-state index is 0.278. The number of benzene rings is 1. The predicted molar refractivity (Wildman–Crippen MR) is 112 cm³/mol. The lowest BCUT2D eigenvalue weighted by Gasteiger charge is -2.30. The lowest BCUT2D eigenvalue weighted by molar-refractivity contribution is 0.143. The summed E-state index contributed by atoms with van der Waals surface area (Å²) in [5, 5.41) is 6.91.